The first-order chi connectivity index (χ1) is 8.08. The minimum absolute atomic E-state index is 0.0167. The smallest absolute Gasteiger partial charge is 0.303 e. The summed E-state index contributed by atoms with van der Waals surface area (Å²) in [6, 6.07) is 0. The van der Waals surface area contributed by atoms with Crippen LogP contribution in [-0.2, 0) is 9.59 Å². The fourth-order valence-corrected chi connectivity index (χ4v) is 3.17. The van der Waals surface area contributed by atoms with Crippen LogP contribution in [0.5, 0.6) is 0 Å². The normalized spacial score (nSPS) is 18.6. The van der Waals surface area contributed by atoms with Gasteiger partial charge in [-0.25, -0.2) is 0 Å². The second-order valence-corrected chi connectivity index (χ2v) is 5.99. The highest BCUT2D eigenvalue weighted by Crippen LogP contribution is 2.21. The number of hydrogen-bond acceptors (Lipinski definition) is 3. The number of hydrogen-bond donors (Lipinski definition) is 2. The van der Waals surface area contributed by atoms with Gasteiger partial charge in [0.05, 0.1) is 0 Å². The van der Waals surface area contributed by atoms with Crippen LogP contribution in [0.3, 0.4) is 0 Å². The molecular weight excluding hydrogens is 238 g/mol. The summed E-state index contributed by atoms with van der Waals surface area (Å²) in [6.45, 7) is 2.55. The molecular formula is C12H21NO3S. The van der Waals surface area contributed by atoms with Gasteiger partial charge in [-0.15, -0.1) is 0 Å². The third kappa shape index (κ3) is 6.56. The third-order valence-corrected chi connectivity index (χ3v) is 4.03. The zero-order chi connectivity index (χ0) is 12.7. The second kappa shape index (κ2) is 7.58. The molecule has 0 aliphatic carbocycles. The number of carbonyl (C=O) groups is 2. The lowest BCUT2D eigenvalue weighted by molar-refractivity contribution is -0.138. The van der Waals surface area contributed by atoms with Gasteiger partial charge in [0.2, 0.25) is 5.91 Å². The lowest BCUT2D eigenvalue weighted by Gasteiger charge is -2.21. The zero-order valence-electron chi connectivity index (χ0n) is 10.3. The van der Waals surface area contributed by atoms with E-state index < -0.39 is 5.97 Å². The Morgan fingerprint density at radius 2 is 2.00 bits per heavy atom. The summed E-state index contributed by atoms with van der Waals surface area (Å²) in [6.07, 6.45) is 2.73. The van der Waals surface area contributed by atoms with E-state index in [1.807, 2.05) is 11.8 Å². The summed E-state index contributed by atoms with van der Waals surface area (Å²) in [5.74, 6) is 2.04. The Bertz CT molecular complexity index is 264. The molecule has 1 saturated heterocycles. The van der Waals surface area contributed by atoms with Crippen LogP contribution in [0.1, 0.15) is 32.6 Å². The molecule has 1 rings (SSSR count). The molecule has 2 N–H and O–H groups in total. The molecule has 4 nitrogen and oxygen atoms in total. The van der Waals surface area contributed by atoms with Crippen LogP contribution < -0.4 is 5.32 Å². The molecule has 0 saturated carbocycles. The largest absolute Gasteiger partial charge is 0.481 e. The number of carbonyl (C=O) groups excluding carboxylic acids is 1. The number of carboxylic acid groups (broad SMARTS) is 1. The van der Waals surface area contributed by atoms with Gasteiger partial charge in [0.25, 0.3) is 0 Å². The van der Waals surface area contributed by atoms with Crippen molar-refractivity contribution in [2.45, 2.75) is 32.6 Å². The molecule has 5 heteroatoms. The van der Waals surface area contributed by atoms with Gasteiger partial charge in [-0.3, -0.25) is 9.59 Å². The van der Waals surface area contributed by atoms with Crippen LogP contribution in [0, 0.1) is 11.8 Å². The first-order valence-electron chi connectivity index (χ1n) is 6.14. The maximum Gasteiger partial charge on any atom is 0.303 e. The van der Waals surface area contributed by atoms with Gasteiger partial charge in [0.15, 0.2) is 0 Å². The highest BCUT2D eigenvalue weighted by Gasteiger charge is 2.16. The van der Waals surface area contributed by atoms with Crippen LogP contribution in [0.2, 0.25) is 0 Å². The van der Waals surface area contributed by atoms with E-state index in [1.54, 1.807) is 6.92 Å². The standard InChI is InChI=1S/C12H21NO3S/c1-9(7-12(15)16)6-11(14)13-8-10-2-4-17-5-3-10/h9-10H,2-8H2,1H3,(H,13,14)(H,15,16). The summed E-state index contributed by atoms with van der Waals surface area (Å²) in [7, 11) is 0. The van der Waals surface area contributed by atoms with Crippen molar-refractivity contribution in [3.8, 4) is 0 Å². The third-order valence-electron chi connectivity index (χ3n) is 2.99. The number of rotatable bonds is 6. The molecule has 1 fully saturated rings. The van der Waals surface area contributed by atoms with Crippen LogP contribution in [0.4, 0.5) is 0 Å². The highest BCUT2D eigenvalue weighted by molar-refractivity contribution is 7.99. The molecule has 0 radical (unpaired) electrons. The van der Waals surface area contributed by atoms with Crippen molar-refractivity contribution in [3.05, 3.63) is 0 Å². The van der Waals surface area contributed by atoms with Gasteiger partial charge in [0.1, 0.15) is 0 Å². The van der Waals surface area contributed by atoms with Crippen molar-refractivity contribution in [2.24, 2.45) is 11.8 Å². The Kier molecular flexibility index (Phi) is 6.40. The topological polar surface area (TPSA) is 66.4 Å². The molecule has 1 aliphatic heterocycles. The van der Waals surface area contributed by atoms with Crippen LogP contribution in [0.15, 0.2) is 0 Å². The minimum Gasteiger partial charge on any atom is -0.481 e. The van der Waals surface area contributed by atoms with E-state index in [-0.39, 0.29) is 18.2 Å². The predicted molar refractivity (Wildman–Crippen MR) is 69.1 cm³/mol. The van der Waals surface area contributed by atoms with Crippen molar-refractivity contribution in [1.29, 1.82) is 0 Å². The molecule has 17 heavy (non-hydrogen) atoms. The molecule has 1 atom stereocenters. The summed E-state index contributed by atoms with van der Waals surface area (Å²) in [5.41, 5.74) is 0. The molecule has 98 valence electrons. The highest BCUT2D eigenvalue weighted by atomic mass is 32.2. The maximum atomic E-state index is 11.6. The van der Waals surface area contributed by atoms with Crippen molar-refractivity contribution in [2.75, 3.05) is 18.1 Å². The number of carboxylic acids is 1. The molecule has 0 aromatic carbocycles. The van der Waals surface area contributed by atoms with Crippen molar-refractivity contribution in [1.82, 2.24) is 5.32 Å². The minimum atomic E-state index is -0.838. The van der Waals surface area contributed by atoms with Crippen molar-refractivity contribution < 1.29 is 14.7 Å². The first kappa shape index (κ1) is 14.4. The Morgan fingerprint density at radius 1 is 1.35 bits per heavy atom. The number of amides is 1. The number of aliphatic carboxylic acids is 1. The molecule has 0 bridgehead atoms. The van der Waals surface area contributed by atoms with Crippen molar-refractivity contribution >= 4 is 23.6 Å². The number of nitrogens with one attached hydrogen (secondary N) is 1. The number of thioether (sulfide) groups is 1. The first-order valence-corrected chi connectivity index (χ1v) is 7.29. The van der Waals surface area contributed by atoms with Crippen LogP contribution >= 0.6 is 11.8 Å². The predicted octanol–water partition coefficient (Wildman–Crippen LogP) is 1.75. The fraction of sp³-hybridized carbons (Fsp3) is 0.833. The van der Waals surface area contributed by atoms with E-state index >= 15 is 0 Å². The molecule has 1 amide bonds. The van der Waals surface area contributed by atoms with E-state index in [2.05, 4.69) is 5.32 Å². The molecule has 0 aromatic rings. The average Bonchev–Trinajstić information content (AvgIpc) is 2.26. The second-order valence-electron chi connectivity index (χ2n) is 4.77. The van der Waals surface area contributed by atoms with E-state index in [0.29, 0.717) is 12.3 Å². The summed E-state index contributed by atoms with van der Waals surface area (Å²) >= 11 is 1.97. The summed E-state index contributed by atoms with van der Waals surface area (Å²) in [4.78, 5) is 22.0. The van der Waals surface area contributed by atoms with Crippen LogP contribution in [-0.4, -0.2) is 35.0 Å². The molecule has 0 aromatic heterocycles. The summed E-state index contributed by atoms with van der Waals surface area (Å²) < 4.78 is 0. The van der Waals surface area contributed by atoms with Gasteiger partial charge in [-0.05, 0) is 36.2 Å². The Morgan fingerprint density at radius 3 is 2.59 bits per heavy atom. The van der Waals surface area contributed by atoms with Crippen molar-refractivity contribution in [3.63, 3.8) is 0 Å². The van der Waals surface area contributed by atoms with Gasteiger partial charge < -0.3 is 10.4 Å². The van der Waals surface area contributed by atoms with Gasteiger partial charge in [0, 0.05) is 19.4 Å². The van der Waals surface area contributed by atoms with Crippen LogP contribution in [0.25, 0.3) is 0 Å². The quantitative estimate of drug-likeness (QED) is 0.762. The van der Waals surface area contributed by atoms with E-state index in [0.717, 1.165) is 6.54 Å². The Labute approximate surface area is 107 Å². The van der Waals surface area contributed by atoms with E-state index in [1.165, 1.54) is 24.3 Å². The maximum absolute atomic E-state index is 11.6. The average molecular weight is 259 g/mol. The lowest BCUT2D eigenvalue weighted by Crippen LogP contribution is -2.32. The molecule has 1 aliphatic rings. The lowest BCUT2D eigenvalue weighted by atomic mass is 10.0. The van der Waals surface area contributed by atoms with E-state index in [9.17, 15) is 9.59 Å². The SMILES string of the molecule is CC(CC(=O)O)CC(=O)NCC1CCSCC1. The Balaban J connectivity index is 2.13. The monoisotopic (exact) mass is 259 g/mol. The fourth-order valence-electron chi connectivity index (χ4n) is 1.97. The Hall–Kier alpha value is -0.710. The van der Waals surface area contributed by atoms with Gasteiger partial charge in [-0.1, -0.05) is 6.92 Å². The zero-order valence-corrected chi connectivity index (χ0v) is 11.1. The molecule has 1 unspecified atom stereocenters. The van der Waals surface area contributed by atoms with Gasteiger partial charge in [-0.2, -0.15) is 11.8 Å². The summed E-state index contributed by atoms with van der Waals surface area (Å²) in [5, 5.41) is 11.5. The van der Waals surface area contributed by atoms with E-state index in [4.69, 9.17) is 5.11 Å². The molecule has 1 heterocycles. The van der Waals surface area contributed by atoms with Gasteiger partial charge >= 0.3 is 5.97 Å². The molecule has 0 spiro atoms.